The van der Waals surface area contributed by atoms with E-state index < -0.39 is 10.8 Å². The van der Waals surface area contributed by atoms with Crippen molar-refractivity contribution in [3.05, 3.63) is 17.5 Å². The van der Waals surface area contributed by atoms with Gasteiger partial charge in [-0.25, -0.2) is 0 Å². The molecule has 0 radical (unpaired) electrons. The van der Waals surface area contributed by atoms with Crippen LogP contribution in [0.5, 0.6) is 0 Å². The molecule has 0 aliphatic carbocycles. The molecular formula is C9H15NOS2. The fraction of sp³-hybridized carbons (Fsp3) is 0.556. The summed E-state index contributed by atoms with van der Waals surface area (Å²) in [4.78, 5) is 0. The van der Waals surface area contributed by atoms with Gasteiger partial charge in [-0.3, -0.25) is 4.21 Å². The predicted molar refractivity (Wildman–Crippen MR) is 58.7 cm³/mol. The first kappa shape index (κ1) is 10.9. The van der Waals surface area contributed by atoms with E-state index in [9.17, 15) is 4.21 Å². The zero-order chi connectivity index (χ0) is 9.68. The molecule has 0 fully saturated rings. The zero-order valence-electron chi connectivity index (χ0n) is 7.95. The van der Waals surface area contributed by atoms with E-state index in [1.165, 1.54) is 0 Å². The number of thiophene rings is 1. The highest BCUT2D eigenvalue weighted by molar-refractivity contribution is 7.87. The second kappa shape index (κ2) is 5.52. The Kier molecular flexibility index (Phi) is 4.62. The van der Waals surface area contributed by atoms with Crippen molar-refractivity contribution >= 4 is 22.1 Å². The predicted octanol–water partition coefficient (Wildman–Crippen LogP) is 1.85. The van der Waals surface area contributed by atoms with Crippen LogP contribution in [0.4, 0.5) is 0 Å². The summed E-state index contributed by atoms with van der Waals surface area (Å²) in [6.07, 6.45) is 0. The number of hydrogen-bond acceptors (Lipinski definition) is 3. The van der Waals surface area contributed by atoms with Gasteiger partial charge >= 0.3 is 0 Å². The summed E-state index contributed by atoms with van der Waals surface area (Å²) in [5.41, 5.74) is 0. The second-order valence-electron chi connectivity index (χ2n) is 2.90. The van der Waals surface area contributed by atoms with Crippen LogP contribution in [-0.4, -0.2) is 22.5 Å². The van der Waals surface area contributed by atoms with Crippen LogP contribution in [0.1, 0.15) is 13.8 Å². The topological polar surface area (TPSA) is 29.1 Å². The summed E-state index contributed by atoms with van der Waals surface area (Å²) >= 11 is 1.56. The van der Waals surface area contributed by atoms with Crippen LogP contribution in [0.2, 0.25) is 0 Å². The van der Waals surface area contributed by atoms with Crippen LogP contribution < -0.4 is 5.32 Å². The molecule has 1 aromatic heterocycles. The van der Waals surface area contributed by atoms with Crippen molar-refractivity contribution in [1.29, 1.82) is 0 Å². The highest BCUT2D eigenvalue weighted by Gasteiger charge is 2.08. The molecule has 13 heavy (non-hydrogen) atoms. The van der Waals surface area contributed by atoms with E-state index in [1.807, 2.05) is 17.5 Å². The summed E-state index contributed by atoms with van der Waals surface area (Å²) in [6, 6.07) is 4.20. The smallest absolute Gasteiger partial charge is 0.0911 e. The van der Waals surface area contributed by atoms with Crippen molar-refractivity contribution in [2.75, 3.05) is 12.3 Å². The van der Waals surface area contributed by atoms with Gasteiger partial charge in [0.2, 0.25) is 0 Å². The molecule has 74 valence electrons. The van der Waals surface area contributed by atoms with E-state index in [1.54, 1.807) is 11.3 Å². The number of hydrogen-bond donors (Lipinski definition) is 1. The van der Waals surface area contributed by atoms with E-state index >= 15 is 0 Å². The second-order valence-corrected chi connectivity index (χ2v) is 5.57. The summed E-state index contributed by atoms with van der Waals surface area (Å²) in [5, 5.41) is 5.21. The Bertz CT molecular complexity index is 259. The van der Waals surface area contributed by atoms with Crippen LogP contribution in [0.15, 0.2) is 21.7 Å². The molecule has 0 aliphatic heterocycles. The number of rotatable bonds is 5. The van der Waals surface area contributed by atoms with Crippen molar-refractivity contribution in [1.82, 2.24) is 5.32 Å². The monoisotopic (exact) mass is 217 g/mol. The largest absolute Gasteiger partial charge is 0.314 e. The van der Waals surface area contributed by atoms with Crippen LogP contribution in [0, 0.1) is 0 Å². The van der Waals surface area contributed by atoms with E-state index in [2.05, 4.69) is 19.2 Å². The lowest BCUT2D eigenvalue weighted by Gasteiger charge is -2.10. The first-order valence-corrected chi connectivity index (χ1v) is 6.59. The van der Waals surface area contributed by atoms with Crippen LogP contribution in [0.25, 0.3) is 0 Å². The Morgan fingerprint density at radius 1 is 1.69 bits per heavy atom. The van der Waals surface area contributed by atoms with Crippen molar-refractivity contribution in [2.24, 2.45) is 0 Å². The van der Waals surface area contributed by atoms with Gasteiger partial charge in [0, 0.05) is 11.8 Å². The third kappa shape index (κ3) is 3.58. The van der Waals surface area contributed by atoms with Crippen molar-refractivity contribution in [3.63, 3.8) is 0 Å². The molecule has 0 amide bonds. The lowest BCUT2D eigenvalue weighted by Crippen LogP contribution is -2.30. The summed E-state index contributed by atoms with van der Waals surface area (Å²) in [7, 11) is -0.828. The molecule has 0 saturated carbocycles. The van der Waals surface area contributed by atoms with Gasteiger partial charge in [0.15, 0.2) is 0 Å². The average molecular weight is 217 g/mol. The Hall–Kier alpha value is -0.190. The molecule has 4 heteroatoms. The summed E-state index contributed by atoms with van der Waals surface area (Å²) in [5.74, 6) is 0.703. The van der Waals surface area contributed by atoms with Gasteiger partial charge in [-0.05, 0) is 24.9 Å². The summed E-state index contributed by atoms with van der Waals surface area (Å²) in [6.45, 7) is 5.06. The van der Waals surface area contributed by atoms with Gasteiger partial charge in [0.1, 0.15) is 0 Å². The average Bonchev–Trinajstić information content (AvgIpc) is 2.55. The van der Waals surface area contributed by atoms with E-state index in [0.717, 1.165) is 10.8 Å². The summed E-state index contributed by atoms with van der Waals surface area (Å²) < 4.78 is 12.6. The fourth-order valence-corrected chi connectivity index (χ4v) is 3.32. The van der Waals surface area contributed by atoms with Gasteiger partial charge in [0.05, 0.1) is 15.0 Å². The minimum Gasteiger partial charge on any atom is -0.314 e. The van der Waals surface area contributed by atoms with Gasteiger partial charge in [0.25, 0.3) is 0 Å². The van der Waals surface area contributed by atoms with Crippen molar-refractivity contribution in [2.45, 2.75) is 24.1 Å². The molecule has 1 aromatic rings. The maximum Gasteiger partial charge on any atom is 0.0911 e. The zero-order valence-corrected chi connectivity index (χ0v) is 9.58. The maximum atomic E-state index is 11.7. The quantitative estimate of drug-likeness (QED) is 0.815. The molecule has 0 spiro atoms. The molecule has 1 N–H and O–H groups in total. The lowest BCUT2D eigenvalue weighted by atomic mass is 10.4. The van der Waals surface area contributed by atoms with Crippen LogP contribution in [-0.2, 0) is 10.8 Å². The van der Waals surface area contributed by atoms with Crippen molar-refractivity contribution in [3.8, 4) is 0 Å². The molecule has 1 heterocycles. The Labute approximate surface area is 85.8 Å². The number of nitrogens with one attached hydrogen (secondary N) is 1. The first-order valence-electron chi connectivity index (χ1n) is 4.39. The molecule has 2 unspecified atom stereocenters. The molecule has 1 rings (SSSR count). The van der Waals surface area contributed by atoms with Crippen LogP contribution in [0.3, 0.4) is 0 Å². The molecule has 2 atom stereocenters. The Morgan fingerprint density at radius 3 is 3.00 bits per heavy atom. The van der Waals surface area contributed by atoms with E-state index in [-0.39, 0.29) is 0 Å². The molecular weight excluding hydrogens is 202 g/mol. The molecule has 0 bridgehead atoms. The molecule has 2 nitrogen and oxygen atoms in total. The molecule has 0 saturated heterocycles. The Balaban J connectivity index is 2.42. The Morgan fingerprint density at radius 2 is 2.46 bits per heavy atom. The van der Waals surface area contributed by atoms with Gasteiger partial charge < -0.3 is 5.32 Å². The highest BCUT2D eigenvalue weighted by Crippen LogP contribution is 2.14. The first-order chi connectivity index (χ1) is 6.24. The highest BCUT2D eigenvalue weighted by atomic mass is 32.2. The van der Waals surface area contributed by atoms with Crippen molar-refractivity contribution < 1.29 is 4.21 Å². The maximum absolute atomic E-state index is 11.7. The lowest BCUT2D eigenvalue weighted by molar-refractivity contribution is 0.608. The van der Waals surface area contributed by atoms with E-state index in [0.29, 0.717) is 11.8 Å². The molecule has 0 aliphatic rings. The van der Waals surface area contributed by atoms with E-state index in [4.69, 9.17) is 0 Å². The van der Waals surface area contributed by atoms with Crippen LogP contribution >= 0.6 is 11.3 Å². The van der Waals surface area contributed by atoms with Gasteiger partial charge in [-0.2, -0.15) is 0 Å². The fourth-order valence-electron chi connectivity index (χ4n) is 1.11. The molecule has 0 aromatic carbocycles. The third-order valence-electron chi connectivity index (χ3n) is 1.67. The minimum atomic E-state index is -0.828. The third-order valence-corrected chi connectivity index (χ3v) is 4.57. The normalized spacial score (nSPS) is 15.5. The minimum absolute atomic E-state index is 0.327. The SMILES string of the molecule is CCNC(C)CS(=O)c1cccs1. The standard InChI is InChI=1S/C9H15NOS2/c1-3-10-8(2)7-13(11)9-5-4-6-12-9/h4-6,8,10H,3,7H2,1-2H3. The van der Waals surface area contributed by atoms with Gasteiger partial charge in [-0.15, -0.1) is 11.3 Å². The van der Waals surface area contributed by atoms with Gasteiger partial charge in [-0.1, -0.05) is 13.0 Å².